The first kappa shape index (κ1) is 15.8. The molecule has 0 amide bonds. The fourth-order valence-corrected chi connectivity index (χ4v) is 2.06. The van der Waals surface area contributed by atoms with Crippen molar-refractivity contribution in [3.8, 4) is 16.9 Å². The predicted molar refractivity (Wildman–Crippen MR) is 87.5 cm³/mol. The van der Waals surface area contributed by atoms with Crippen LogP contribution in [0.25, 0.3) is 11.1 Å². The first-order valence-corrected chi connectivity index (χ1v) is 7.38. The van der Waals surface area contributed by atoms with Gasteiger partial charge in [0.2, 0.25) is 6.29 Å². The lowest BCUT2D eigenvalue weighted by molar-refractivity contribution is -0.158. The van der Waals surface area contributed by atoms with E-state index in [1.54, 1.807) is 0 Å². The number of benzene rings is 2. The zero-order chi connectivity index (χ0) is 15.8. The SMILES string of the molecule is C=CC(=O)OC(CCC)Oc1ccc(-c2ccccc2)cc1. The molecule has 2 rings (SSSR count). The third kappa shape index (κ3) is 4.48. The molecule has 0 spiro atoms. The summed E-state index contributed by atoms with van der Waals surface area (Å²) in [5.41, 5.74) is 2.26. The van der Waals surface area contributed by atoms with Gasteiger partial charge in [-0.15, -0.1) is 0 Å². The molecule has 1 atom stereocenters. The highest BCUT2D eigenvalue weighted by Gasteiger charge is 2.13. The second-order valence-corrected chi connectivity index (χ2v) is 4.87. The van der Waals surface area contributed by atoms with E-state index in [2.05, 4.69) is 18.7 Å². The van der Waals surface area contributed by atoms with Gasteiger partial charge in [0.1, 0.15) is 5.75 Å². The Labute approximate surface area is 131 Å². The first-order valence-electron chi connectivity index (χ1n) is 7.38. The Kier molecular flexibility index (Phi) is 5.78. The van der Waals surface area contributed by atoms with Crippen LogP contribution in [0.4, 0.5) is 0 Å². The van der Waals surface area contributed by atoms with Crippen molar-refractivity contribution < 1.29 is 14.3 Å². The van der Waals surface area contributed by atoms with Crippen molar-refractivity contribution in [1.29, 1.82) is 0 Å². The van der Waals surface area contributed by atoms with Crippen molar-refractivity contribution in [1.82, 2.24) is 0 Å². The lowest BCUT2D eigenvalue weighted by atomic mass is 10.1. The highest BCUT2D eigenvalue weighted by molar-refractivity contribution is 5.81. The monoisotopic (exact) mass is 296 g/mol. The molecule has 114 valence electrons. The second-order valence-electron chi connectivity index (χ2n) is 4.87. The quantitative estimate of drug-likeness (QED) is 0.426. The molecule has 0 N–H and O–H groups in total. The van der Waals surface area contributed by atoms with E-state index in [-0.39, 0.29) is 0 Å². The Balaban J connectivity index is 2.05. The van der Waals surface area contributed by atoms with Gasteiger partial charge in [-0.05, 0) is 29.7 Å². The van der Waals surface area contributed by atoms with Crippen LogP contribution in [0.3, 0.4) is 0 Å². The van der Waals surface area contributed by atoms with E-state index in [4.69, 9.17) is 9.47 Å². The number of hydrogen-bond donors (Lipinski definition) is 0. The summed E-state index contributed by atoms with van der Waals surface area (Å²) >= 11 is 0. The Morgan fingerprint density at radius 2 is 1.73 bits per heavy atom. The molecule has 0 aliphatic rings. The van der Waals surface area contributed by atoms with Gasteiger partial charge in [-0.2, -0.15) is 0 Å². The average Bonchev–Trinajstić information content (AvgIpc) is 2.56. The van der Waals surface area contributed by atoms with Crippen LogP contribution in [0, 0.1) is 0 Å². The second kappa shape index (κ2) is 8.03. The molecule has 0 aliphatic carbocycles. The Hall–Kier alpha value is -2.55. The largest absolute Gasteiger partial charge is 0.455 e. The van der Waals surface area contributed by atoms with Crippen LogP contribution in [0.15, 0.2) is 67.3 Å². The molecule has 22 heavy (non-hydrogen) atoms. The van der Waals surface area contributed by atoms with E-state index in [0.717, 1.165) is 23.6 Å². The predicted octanol–water partition coefficient (Wildman–Crippen LogP) is 4.59. The van der Waals surface area contributed by atoms with Crippen molar-refractivity contribution in [2.75, 3.05) is 0 Å². The van der Waals surface area contributed by atoms with Gasteiger partial charge >= 0.3 is 5.97 Å². The third-order valence-corrected chi connectivity index (χ3v) is 3.17. The number of esters is 1. The van der Waals surface area contributed by atoms with Gasteiger partial charge in [0.15, 0.2) is 0 Å². The van der Waals surface area contributed by atoms with Crippen LogP contribution in [-0.2, 0) is 9.53 Å². The summed E-state index contributed by atoms with van der Waals surface area (Å²) in [6, 6.07) is 17.9. The number of hydrogen-bond acceptors (Lipinski definition) is 3. The minimum atomic E-state index is -0.585. The number of rotatable bonds is 7. The molecule has 0 bridgehead atoms. The van der Waals surface area contributed by atoms with E-state index >= 15 is 0 Å². The number of carbonyl (C=O) groups is 1. The Morgan fingerprint density at radius 3 is 2.32 bits per heavy atom. The molecule has 0 saturated heterocycles. The summed E-state index contributed by atoms with van der Waals surface area (Å²) in [6.45, 7) is 5.41. The van der Waals surface area contributed by atoms with E-state index in [1.807, 2.05) is 49.4 Å². The van der Waals surface area contributed by atoms with Crippen LogP contribution < -0.4 is 4.74 Å². The van der Waals surface area contributed by atoms with E-state index in [9.17, 15) is 4.79 Å². The van der Waals surface area contributed by atoms with Crippen molar-refractivity contribution >= 4 is 5.97 Å². The van der Waals surface area contributed by atoms with Crippen molar-refractivity contribution in [3.05, 3.63) is 67.3 Å². The van der Waals surface area contributed by atoms with Gasteiger partial charge in [0, 0.05) is 12.5 Å². The highest BCUT2D eigenvalue weighted by atomic mass is 16.7. The molecule has 3 nitrogen and oxygen atoms in total. The Morgan fingerprint density at radius 1 is 1.09 bits per heavy atom. The summed E-state index contributed by atoms with van der Waals surface area (Å²) in [6.07, 6.45) is 2.06. The molecular formula is C19H20O3. The summed E-state index contributed by atoms with van der Waals surface area (Å²) in [7, 11) is 0. The molecule has 3 heteroatoms. The maximum atomic E-state index is 11.3. The highest BCUT2D eigenvalue weighted by Crippen LogP contribution is 2.23. The van der Waals surface area contributed by atoms with Crippen LogP contribution >= 0.6 is 0 Å². The van der Waals surface area contributed by atoms with E-state index < -0.39 is 12.3 Å². The molecule has 0 fully saturated rings. The van der Waals surface area contributed by atoms with Gasteiger partial charge in [0.25, 0.3) is 0 Å². The van der Waals surface area contributed by atoms with Gasteiger partial charge in [-0.25, -0.2) is 4.79 Å². The van der Waals surface area contributed by atoms with E-state index in [0.29, 0.717) is 12.2 Å². The molecule has 0 heterocycles. The zero-order valence-corrected chi connectivity index (χ0v) is 12.7. The molecule has 0 saturated carbocycles. The summed E-state index contributed by atoms with van der Waals surface area (Å²) in [5, 5.41) is 0. The fourth-order valence-electron chi connectivity index (χ4n) is 2.06. The molecule has 0 radical (unpaired) electrons. The van der Waals surface area contributed by atoms with Crippen molar-refractivity contribution in [3.63, 3.8) is 0 Å². The van der Waals surface area contributed by atoms with Crippen molar-refractivity contribution in [2.24, 2.45) is 0 Å². The Bertz CT molecular complexity index is 602. The lowest BCUT2D eigenvalue weighted by Gasteiger charge is -2.18. The van der Waals surface area contributed by atoms with Crippen LogP contribution in [0.5, 0.6) is 5.75 Å². The fraction of sp³-hybridized carbons (Fsp3) is 0.211. The third-order valence-electron chi connectivity index (χ3n) is 3.17. The number of carbonyl (C=O) groups excluding carboxylic acids is 1. The summed E-state index contributed by atoms with van der Waals surface area (Å²) in [5.74, 6) is 0.203. The minimum Gasteiger partial charge on any atom is -0.455 e. The summed E-state index contributed by atoms with van der Waals surface area (Å²) in [4.78, 5) is 11.3. The van der Waals surface area contributed by atoms with Crippen LogP contribution in [0.1, 0.15) is 19.8 Å². The molecule has 0 aromatic heterocycles. The normalized spacial score (nSPS) is 11.5. The molecule has 2 aromatic rings. The average molecular weight is 296 g/mol. The molecular weight excluding hydrogens is 276 g/mol. The van der Waals surface area contributed by atoms with Gasteiger partial charge in [-0.1, -0.05) is 56.0 Å². The lowest BCUT2D eigenvalue weighted by Crippen LogP contribution is -2.23. The van der Waals surface area contributed by atoms with Crippen LogP contribution in [0.2, 0.25) is 0 Å². The standard InChI is InChI=1S/C19H20O3/c1-3-8-19(22-18(20)4-2)21-17-13-11-16(12-14-17)15-9-6-5-7-10-15/h4-7,9-14,19H,2-3,8H2,1H3. The van der Waals surface area contributed by atoms with Gasteiger partial charge in [0.05, 0.1) is 0 Å². The maximum Gasteiger partial charge on any atom is 0.333 e. The smallest absolute Gasteiger partial charge is 0.333 e. The van der Waals surface area contributed by atoms with Crippen LogP contribution in [-0.4, -0.2) is 12.3 Å². The molecule has 1 unspecified atom stereocenters. The molecule has 0 aliphatic heterocycles. The number of ether oxygens (including phenoxy) is 2. The van der Waals surface area contributed by atoms with Gasteiger partial charge < -0.3 is 9.47 Å². The minimum absolute atomic E-state index is 0.473. The van der Waals surface area contributed by atoms with Crippen molar-refractivity contribution in [2.45, 2.75) is 26.1 Å². The zero-order valence-electron chi connectivity index (χ0n) is 12.7. The van der Waals surface area contributed by atoms with E-state index in [1.165, 1.54) is 0 Å². The first-order chi connectivity index (χ1) is 10.7. The maximum absolute atomic E-state index is 11.3. The van der Waals surface area contributed by atoms with Gasteiger partial charge in [-0.3, -0.25) is 0 Å². The topological polar surface area (TPSA) is 35.5 Å². The summed E-state index contributed by atoms with van der Waals surface area (Å²) < 4.78 is 10.9. The molecule has 2 aromatic carbocycles.